The van der Waals surface area contributed by atoms with Crippen molar-refractivity contribution in [2.24, 2.45) is 0 Å². The van der Waals surface area contributed by atoms with E-state index in [1.165, 1.54) is 50.2 Å². The SMILES string of the molecule is O=C(NCC[NH+]1CCCC1)c1ccc(F)cc1. The van der Waals surface area contributed by atoms with Crippen molar-refractivity contribution in [2.75, 3.05) is 26.2 Å². The van der Waals surface area contributed by atoms with Gasteiger partial charge in [0, 0.05) is 18.4 Å². The van der Waals surface area contributed by atoms with Crippen molar-refractivity contribution in [3.8, 4) is 0 Å². The molecule has 0 spiro atoms. The molecular formula is C13H18FN2O+. The Bertz CT molecular complexity index is 372. The van der Waals surface area contributed by atoms with Crippen LogP contribution in [0.4, 0.5) is 4.39 Å². The summed E-state index contributed by atoms with van der Waals surface area (Å²) in [4.78, 5) is 13.2. The van der Waals surface area contributed by atoms with Gasteiger partial charge < -0.3 is 10.2 Å². The summed E-state index contributed by atoms with van der Waals surface area (Å²) in [6, 6.07) is 5.63. The summed E-state index contributed by atoms with van der Waals surface area (Å²) in [5.41, 5.74) is 0.517. The first kappa shape index (κ1) is 12.0. The van der Waals surface area contributed by atoms with E-state index >= 15 is 0 Å². The summed E-state index contributed by atoms with van der Waals surface area (Å²) in [7, 11) is 0. The van der Waals surface area contributed by atoms with Gasteiger partial charge in [0.25, 0.3) is 5.91 Å². The molecule has 17 heavy (non-hydrogen) atoms. The lowest BCUT2D eigenvalue weighted by Crippen LogP contribution is -3.10. The normalized spacial score (nSPS) is 16.1. The van der Waals surface area contributed by atoms with Crippen LogP contribution in [0.5, 0.6) is 0 Å². The van der Waals surface area contributed by atoms with E-state index in [4.69, 9.17) is 0 Å². The molecule has 1 heterocycles. The Labute approximate surface area is 101 Å². The van der Waals surface area contributed by atoms with Crippen LogP contribution in [-0.4, -0.2) is 32.1 Å². The lowest BCUT2D eigenvalue weighted by molar-refractivity contribution is -0.886. The second kappa shape index (κ2) is 5.77. The predicted molar refractivity (Wildman–Crippen MR) is 63.5 cm³/mol. The second-order valence-electron chi connectivity index (χ2n) is 4.47. The molecule has 92 valence electrons. The number of carbonyl (C=O) groups excluding carboxylic acids is 1. The smallest absolute Gasteiger partial charge is 0.251 e. The molecule has 1 saturated heterocycles. The molecule has 2 rings (SSSR count). The van der Waals surface area contributed by atoms with Gasteiger partial charge in [-0.3, -0.25) is 4.79 Å². The molecule has 3 nitrogen and oxygen atoms in total. The second-order valence-corrected chi connectivity index (χ2v) is 4.47. The van der Waals surface area contributed by atoms with E-state index in [2.05, 4.69) is 5.32 Å². The van der Waals surface area contributed by atoms with E-state index in [1.807, 2.05) is 0 Å². The van der Waals surface area contributed by atoms with Crippen LogP contribution in [0.25, 0.3) is 0 Å². The standard InChI is InChI=1S/C13H17FN2O/c14-12-5-3-11(4-6-12)13(17)15-7-10-16-8-1-2-9-16/h3-6H,1-2,7-10H2,(H,15,17)/p+1. The van der Waals surface area contributed by atoms with Gasteiger partial charge >= 0.3 is 0 Å². The third kappa shape index (κ3) is 3.53. The molecule has 0 aliphatic carbocycles. The summed E-state index contributed by atoms with van der Waals surface area (Å²) in [6.07, 6.45) is 2.59. The Morgan fingerprint density at radius 2 is 1.88 bits per heavy atom. The molecule has 4 heteroatoms. The van der Waals surface area contributed by atoms with Crippen molar-refractivity contribution < 1.29 is 14.1 Å². The maximum Gasteiger partial charge on any atom is 0.251 e. The highest BCUT2D eigenvalue weighted by Gasteiger charge is 2.14. The third-order valence-electron chi connectivity index (χ3n) is 3.18. The number of nitrogens with one attached hydrogen (secondary N) is 2. The van der Waals surface area contributed by atoms with Crippen molar-refractivity contribution in [1.82, 2.24) is 5.32 Å². The first-order chi connectivity index (χ1) is 8.25. The number of likely N-dealkylation sites (tertiary alicyclic amines) is 1. The summed E-state index contributed by atoms with van der Waals surface area (Å²) in [5.74, 6) is -0.438. The molecule has 0 aromatic heterocycles. The molecule has 0 atom stereocenters. The molecule has 1 aliphatic rings. The van der Waals surface area contributed by atoms with Gasteiger partial charge in [0.15, 0.2) is 0 Å². The van der Waals surface area contributed by atoms with E-state index in [9.17, 15) is 9.18 Å². The third-order valence-corrected chi connectivity index (χ3v) is 3.18. The van der Waals surface area contributed by atoms with Crippen LogP contribution in [-0.2, 0) is 0 Å². The fourth-order valence-electron chi connectivity index (χ4n) is 2.18. The van der Waals surface area contributed by atoms with Gasteiger partial charge in [-0.25, -0.2) is 4.39 Å². The summed E-state index contributed by atoms with van der Waals surface area (Å²) in [6.45, 7) is 4.09. The zero-order valence-electron chi connectivity index (χ0n) is 9.84. The Hall–Kier alpha value is -1.42. The van der Waals surface area contributed by atoms with Gasteiger partial charge in [-0.05, 0) is 24.3 Å². The summed E-state index contributed by atoms with van der Waals surface area (Å²) >= 11 is 0. The van der Waals surface area contributed by atoms with Gasteiger partial charge in [0.05, 0.1) is 26.2 Å². The van der Waals surface area contributed by atoms with Crippen molar-refractivity contribution >= 4 is 5.91 Å². The van der Waals surface area contributed by atoms with Crippen molar-refractivity contribution in [3.05, 3.63) is 35.6 Å². The lowest BCUT2D eigenvalue weighted by atomic mass is 10.2. The highest BCUT2D eigenvalue weighted by atomic mass is 19.1. The molecule has 1 fully saturated rings. The first-order valence-electron chi connectivity index (χ1n) is 6.13. The first-order valence-corrected chi connectivity index (χ1v) is 6.13. The minimum atomic E-state index is -0.317. The molecule has 1 aliphatic heterocycles. The lowest BCUT2D eigenvalue weighted by Gasteiger charge is -2.12. The Morgan fingerprint density at radius 1 is 1.24 bits per heavy atom. The average molecular weight is 237 g/mol. The topological polar surface area (TPSA) is 33.5 Å². The highest BCUT2D eigenvalue weighted by Crippen LogP contribution is 2.01. The molecule has 0 bridgehead atoms. The Morgan fingerprint density at radius 3 is 2.53 bits per heavy atom. The van der Waals surface area contributed by atoms with Gasteiger partial charge in [-0.2, -0.15) is 0 Å². The van der Waals surface area contributed by atoms with Crippen LogP contribution >= 0.6 is 0 Å². The Kier molecular flexibility index (Phi) is 4.09. The van der Waals surface area contributed by atoms with E-state index in [-0.39, 0.29) is 11.7 Å². The zero-order valence-corrected chi connectivity index (χ0v) is 9.84. The largest absolute Gasteiger partial charge is 0.346 e. The van der Waals surface area contributed by atoms with Crippen LogP contribution in [0.2, 0.25) is 0 Å². The number of hydrogen-bond acceptors (Lipinski definition) is 1. The maximum absolute atomic E-state index is 12.7. The van der Waals surface area contributed by atoms with Crippen molar-refractivity contribution in [2.45, 2.75) is 12.8 Å². The van der Waals surface area contributed by atoms with E-state index in [0.717, 1.165) is 6.54 Å². The van der Waals surface area contributed by atoms with Crippen LogP contribution in [0, 0.1) is 5.82 Å². The van der Waals surface area contributed by atoms with Gasteiger partial charge in [0.1, 0.15) is 5.82 Å². The molecule has 0 unspecified atom stereocenters. The minimum absolute atomic E-state index is 0.122. The monoisotopic (exact) mass is 237 g/mol. The van der Waals surface area contributed by atoms with Crippen LogP contribution in [0.15, 0.2) is 24.3 Å². The molecule has 0 radical (unpaired) electrons. The zero-order chi connectivity index (χ0) is 12.1. The highest BCUT2D eigenvalue weighted by molar-refractivity contribution is 5.94. The van der Waals surface area contributed by atoms with Crippen LogP contribution in [0.3, 0.4) is 0 Å². The molecule has 0 saturated carbocycles. The number of hydrogen-bond donors (Lipinski definition) is 2. The fourth-order valence-corrected chi connectivity index (χ4v) is 2.18. The molecule has 1 aromatic carbocycles. The number of carbonyl (C=O) groups is 1. The molecule has 2 N–H and O–H groups in total. The van der Waals surface area contributed by atoms with E-state index in [1.54, 1.807) is 4.90 Å². The number of amides is 1. The summed E-state index contributed by atoms with van der Waals surface area (Å²) in [5, 5.41) is 2.86. The molecular weight excluding hydrogens is 219 g/mol. The van der Waals surface area contributed by atoms with Gasteiger partial charge in [-0.1, -0.05) is 0 Å². The maximum atomic E-state index is 12.7. The van der Waals surface area contributed by atoms with Crippen molar-refractivity contribution in [3.63, 3.8) is 0 Å². The number of benzene rings is 1. The minimum Gasteiger partial charge on any atom is -0.346 e. The van der Waals surface area contributed by atoms with Crippen LogP contribution in [0.1, 0.15) is 23.2 Å². The molecule has 1 aromatic rings. The van der Waals surface area contributed by atoms with E-state index < -0.39 is 0 Å². The number of halogens is 1. The van der Waals surface area contributed by atoms with Gasteiger partial charge in [-0.15, -0.1) is 0 Å². The fraction of sp³-hybridized carbons (Fsp3) is 0.462. The van der Waals surface area contributed by atoms with Gasteiger partial charge in [0.2, 0.25) is 0 Å². The van der Waals surface area contributed by atoms with Crippen molar-refractivity contribution in [1.29, 1.82) is 0 Å². The summed E-state index contributed by atoms with van der Waals surface area (Å²) < 4.78 is 12.7. The number of quaternary nitrogens is 1. The quantitative estimate of drug-likeness (QED) is 0.772. The predicted octanol–water partition coefficient (Wildman–Crippen LogP) is 0.234. The molecule has 1 amide bonds. The average Bonchev–Trinajstić information content (AvgIpc) is 2.83. The van der Waals surface area contributed by atoms with Crippen LogP contribution < -0.4 is 10.2 Å². The Balaban J connectivity index is 1.75. The number of rotatable bonds is 4. The van der Waals surface area contributed by atoms with E-state index in [0.29, 0.717) is 12.1 Å².